The molecule has 0 spiro atoms. The van der Waals surface area contributed by atoms with Gasteiger partial charge in [-0.25, -0.2) is 4.79 Å². The summed E-state index contributed by atoms with van der Waals surface area (Å²) in [4.78, 5) is 62.4. The molecule has 7 N–H and O–H groups in total. The lowest BCUT2D eigenvalue weighted by Gasteiger charge is -2.32. The summed E-state index contributed by atoms with van der Waals surface area (Å²) in [6.07, 6.45) is 1.31. The summed E-state index contributed by atoms with van der Waals surface area (Å²) in [6, 6.07) is -3.77. The van der Waals surface area contributed by atoms with Gasteiger partial charge in [0.15, 0.2) is 0 Å². The van der Waals surface area contributed by atoms with Crippen molar-refractivity contribution in [2.75, 3.05) is 6.54 Å². The van der Waals surface area contributed by atoms with Crippen molar-refractivity contribution >= 4 is 29.6 Å². The molecule has 0 aliphatic carbocycles. The Labute approximate surface area is 188 Å². The lowest BCUT2D eigenvalue weighted by Crippen LogP contribution is -2.58. The summed E-state index contributed by atoms with van der Waals surface area (Å²) < 4.78 is 0. The zero-order valence-electron chi connectivity index (χ0n) is 19.3. The van der Waals surface area contributed by atoms with Crippen LogP contribution in [-0.2, 0) is 24.0 Å². The zero-order chi connectivity index (χ0) is 24.6. The van der Waals surface area contributed by atoms with E-state index in [1.165, 1.54) is 4.90 Å². The summed E-state index contributed by atoms with van der Waals surface area (Å²) in [6.45, 7) is 7.66. The Morgan fingerprint density at radius 2 is 1.75 bits per heavy atom. The summed E-state index contributed by atoms with van der Waals surface area (Å²) >= 11 is 0. The molecule has 0 bridgehead atoms. The van der Waals surface area contributed by atoms with Crippen molar-refractivity contribution in [3.63, 3.8) is 0 Å². The van der Waals surface area contributed by atoms with Crippen molar-refractivity contribution in [3.05, 3.63) is 0 Å². The smallest absolute Gasteiger partial charge is 0.326 e. The van der Waals surface area contributed by atoms with Crippen LogP contribution in [0.5, 0.6) is 0 Å². The van der Waals surface area contributed by atoms with E-state index in [4.69, 9.17) is 11.5 Å². The molecule has 11 heteroatoms. The van der Waals surface area contributed by atoms with Crippen molar-refractivity contribution < 1.29 is 29.1 Å². The zero-order valence-corrected chi connectivity index (χ0v) is 19.3. The number of likely N-dealkylation sites (tertiary alicyclic amines) is 1. The van der Waals surface area contributed by atoms with Crippen molar-refractivity contribution in [1.82, 2.24) is 15.5 Å². The fraction of sp³-hybridized carbons (Fsp3) is 0.762. The molecule has 11 nitrogen and oxygen atoms in total. The normalized spacial score (nSPS) is 19.7. The minimum Gasteiger partial charge on any atom is -0.480 e. The van der Waals surface area contributed by atoms with Gasteiger partial charge in [-0.05, 0) is 31.1 Å². The van der Waals surface area contributed by atoms with Crippen LogP contribution in [0.15, 0.2) is 0 Å². The van der Waals surface area contributed by atoms with Gasteiger partial charge in [0.05, 0.1) is 6.04 Å². The molecule has 5 atom stereocenters. The molecule has 1 rings (SSSR count). The Kier molecular flexibility index (Phi) is 10.6. The third-order valence-corrected chi connectivity index (χ3v) is 5.92. The van der Waals surface area contributed by atoms with E-state index >= 15 is 0 Å². The van der Waals surface area contributed by atoms with Crippen LogP contribution in [0.4, 0.5) is 0 Å². The quantitative estimate of drug-likeness (QED) is 0.258. The SMILES string of the molecule is CCC(C)C(N)C(=O)NC(C(=O)N1CCCC1C(=O)NC(CCC(N)=O)C(=O)O)C(C)C. The van der Waals surface area contributed by atoms with E-state index in [0.717, 1.165) is 0 Å². The second-order valence-electron chi connectivity index (χ2n) is 8.74. The average Bonchev–Trinajstić information content (AvgIpc) is 3.22. The van der Waals surface area contributed by atoms with E-state index in [9.17, 15) is 29.1 Å². The maximum atomic E-state index is 13.2. The Balaban J connectivity index is 2.92. The number of nitrogens with one attached hydrogen (secondary N) is 2. The molecule has 1 aliphatic rings. The Morgan fingerprint density at radius 3 is 2.25 bits per heavy atom. The van der Waals surface area contributed by atoms with E-state index in [2.05, 4.69) is 10.6 Å². The number of hydrogen-bond donors (Lipinski definition) is 5. The van der Waals surface area contributed by atoms with Crippen molar-refractivity contribution in [2.45, 2.75) is 84.0 Å². The van der Waals surface area contributed by atoms with Crippen molar-refractivity contribution in [3.8, 4) is 0 Å². The minimum absolute atomic E-state index is 0.0587. The van der Waals surface area contributed by atoms with Crippen LogP contribution >= 0.6 is 0 Å². The Hall–Kier alpha value is -2.69. The second kappa shape index (κ2) is 12.4. The monoisotopic (exact) mass is 455 g/mol. The molecule has 32 heavy (non-hydrogen) atoms. The first-order valence-corrected chi connectivity index (χ1v) is 11.1. The maximum Gasteiger partial charge on any atom is 0.326 e. The van der Waals surface area contributed by atoms with Gasteiger partial charge >= 0.3 is 5.97 Å². The summed E-state index contributed by atoms with van der Waals surface area (Å²) in [7, 11) is 0. The van der Waals surface area contributed by atoms with Gasteiger partial charge in [-0.1, -0.05) is 34.1 Å². The van der Waals surface area contributed by atoms with Crippen LogP contribution in [-0.4, -0.2) is 70.3 Å². The number of nitrogens with zero attached hydrogens (tertiary/aromatic N) is 1. The third kappa shape index (κ3) is 7.47. The van der Waals surface area contributed by atoms with Crippen molar-refractivity contribution in [2.24, 2.45) is 23.3 Å². The highest BCUT2D eigenvalue weighted by Crippen LogP contribution is 2.21. The molecular formula is C21H37N5O6. The largest absolute Gasteiger partial charge is 0.480 e. The molecule has 0 aromatic heterocycles. The van der Waals surface area contributed by atoms with Gasteiger partial charge in [0.1, 0.15) is 18.1 Å². The number of primary amides is 1. The van der Waals surface area contributed by atoms with Gasteiger partial charge in [0, 0.05) is 13.0 Å². The fourth-order valence-corrected chi connectivity index (χ4v) is 3.57. The summed E-state index contributed by atoms with van der Waals surface area (Å²) in [5.74, 6) is -3.72. The summed E-state index contributed by atoms with van der Waals surface area (Å²) in [5, 5.41) is 14.5. The van der Waals surface area contributed by atoms with Gasteiger partial charge in [-0.3, -0.25) is 19.2 Å². The standard InChI is InChI=1S/C21H37N5O6/c1-5-12(4)16(23)19(29)25-17(11(2)3)20(30)26-10-6-7-14(26)18(28)24-13(21(31)32)8-9-15(22)27/h11-14,16-17H,5-10,23H2,1-4H3,(H2,22,27)(H,24,28)(H,25,29)(H,31,32). The molecule has 5 unspecified atom stereocenters. The highest BCUT2D eigenvalue weighted by molar-refractivity contribution is 5.94. The first-order chi connectivity index (χ1) is 14.9. The molecule has 0 radical (unpaired) electrons. The number of amides is 4. The number of aliphatic carboxylic acids is 1. The van der Waals surface area contributed by atoms with Crippen LogP contribution in [0.25, 0.3) is 0 Å². The number of carboxylic acid groups (broad SMARTS) is 1. The topological polar surface area (TPSA) is 185 Å². The van der Waals surface area contributed by atoms with Gasteiger partial charge in [0.2, 0.25) is 23.6 Å². The number of hydrogen-bond acceptors (Lipinski definition) is 6. The van der Waals surface area contributed by atoms with Gasteiger partial charge in [0.25, 0.3) is 0 Å². The maximum absolute atomic E-state index is 13.2. The third-order valence-electron chi connectivity index (χ3n) is 5.92. The molecule has 0 aromatic rings. The number of carbonyl (C=O) groups excluding carboxylic acids is 4. The van der Waals surface area contributed by atoms with Crippen LogP contribution in [0.2, 0.25) is 0 Å². The van der Waals surface area contributed by atoms with E-state index in [-0.39, 0.29) is 24.7 Å². The molecule has 1 saturated heterocycles. The number of carbonyl (C=O) groups is 5. The molecule has 1 aliphatic heterocycles. The van der Waals surface area contributed by atoms with E-state index < -0.39 is 53.8 Å². The second-order valence-corrected chi connectivity index (χ2v) is 8.74. The average molecular weight is 456 g/mol. The predicted octanol–water partition coefficient (Wildman–Crippen LogP) is -0.673. The van der Waals surface area contributed by atoms with E-state index in [1.807, 2.05) is 13.8 Å². The Bertz CT molecular complexity index is 713. The molecule has 1 fully saturated rings. The summed E-state index contributed by atoms with van der Waals surface area (Å²) in [5.41, 5.74) is 11.1. The molecule has 0 saturated carbocycles. The van der Waals surface area contributed by atoms with Crippen LogP contribution in [0.1, 0.15) is 59.8 Å². The van der Waals surface area contributed by atoms with Crippen LogP contribution in [0.3, 0.4) is 0 Å². The number of rotatable bonds is 12. The first-order valence-electron chi connectivity index (χ1n) is 11.1. The van der Waals surface area contributed by atoms with Gasteiger partial charge < -0.3 is 32.1 Å². The lowest BCUT2D eigenvalue weighted by atomic mass is 9.97. The first kappa shape index (κ1) is 27.3. The van der Waals surface area contributed by atoms with Crippen molar-refractivity contribution in [1.29, 1.82) is 0 Å². The molecule has 182 valence electrons. The van der Waals surface area contributed by atoms with Crippen LogP contribution < -0.4 is 22.1 Å². The predicted molar refractivity (Wildman–Crippen MR) is 117 cm³/mol. The molecular weight excluding hydrogens is 418 g/mol. The van der Waals surface area contributed by atoms with Crippen LogP contribution in [0, 0.1) is 11.8 Å². The molecule has 4 amide bonds. The van der Waals surface area contributed by atoms with E-state index in [1.54, 1.807) is 13.8 Å². The Morgan fingerprint density at radius 1 is 1.12 bits per heavy atom. The van der Waals surface area contributed by atoms with Gasteiger partial charge in [-0.15, -0.1) is 0 Å². The molecule has 1 heterocycles. The fourth-order valence-electron chi connectivity index (χ4n) is 3.57. The minimum atomic E-state index is -1.29. The highest BCUT2D eigenvalue weighted by Gasteiger charge is 2.40. The lowest BCUT2D eigenvalue weighted by molar-refractivity contribution is -0.145. The number of carboxylic acids is 1. The van der Waals surface area contributed by atoms with Gasteiger partial charge in [-0.2, -0.15) is 0 Å². The highest BCUT2D eigenvalue weighted by atomic mass is 16.4. The number of nitrogens with two attached hydrogens (primary N) is 2. The van der Waals surface area contributed by atoms with E-state index in [0.29, 0.717) is 25.8 Å². The molecule has 0 aromatic carbocycles.